The summed E-state index contributed by atoms with van der Waals surface area (Å²) in [4.78, 5) is 29.1. The van der Waals surface area contributed by atoms with Gasteiger partial charge in [-0.05, 0) is 24.3 Å². The number of fused-ring (bicyclic) bond motifs is 1. The topological polar surface area (TPSA) is 73.2 Å². The van der Waals surface area contributed by atoms with Gasteiger partial charge >= 0.3 is 0 Å². The summed E-state index contributed by atoms with van der Waals surface area (Å²) in [6.45, 7) is 4.24. The van der Waals surface area contributed by atoms with Crippen LogP contribution in [0.15, 0.2) is 23.3 Å². The molecule has 1 saturated carbocycles. The van der Waals surface area contributed by atoms with Gasteiger partial charge in [0, 0.05) is 12.1 Å². The third-order valence-corrected chi connectivity index (χ3v) is 5.46. The highest BCUT2D eigenvalue weighted by atomic mass is 19.1. The SMILES string of the molecule is COc1cc2c(=O)n(CC(=O)NC3CCCC(C)C3C)cnc2cc1F. The highest BCUT2D eigenvalue weighted by Gasteiger charge is 2.28. The fourth-order valence-corrected chi connectivity index (χ4v) is 3.62. The van der Waals surface area contributed by atoms with Crippen LogP contribution in [0, 0.1) is 17.7 Å². The molecule has 1 aliphatic carbocycles. The van der Waals surface area contributed by atoms with E-state index >= 15 is 0 Å². The number of carbonyl (C=O) groups is 1. The second-order valence-corrected chi connectivity index (χ2v) is 7.12. The molecular weight excluding hydrogens is 337 g/mol. The van der Waals surface area contributed by atoms with Crippen LogP contribution in [0.1, 0.15) is 33.1 Å². The van der Waals surface area contributed by atoms with Gasteiger partial charge < -0.3 is 10.1 Å². The van der Waals surface area contributed by atoms with Crippen LogP contribution in [0.3, 0.4) is 0 Å². The van der Waals surface area contributed by atoms with Gasteiger partial charge in [0.15, 0.2) is 11.6 Å². The maximum absolute atomic E-state index is 13.8. The quantitative estimate of drug-likeness (QED) is 0.908. The molecule has 3 unspecified atom stereocenters. The Bertz CT molecular complexity index is 880. The monoisotopic (exact) mass is 361 g/mol. The van der Waals surface area contributed by atoms with Crippen LogP contribution >= 0.6 is 0 Å². The third kappa shape index (κ3) is 3.57. The highest BCUT2D eigenvalue weighted by Crippen LogP contribution is 2.29. The van der Waals surface area contributed by atoms with Crippen molar-refractivity contribution in [2.24, 2.45) is 11.8 Å². The predicted molar refractivity (Wildman–Crippen MR) is 96.6 cm³/mol. The molecule has 26 heavy (non-hydrogen) atoms. The minimum Gasteiger partial charge on any atom is -0.494 e. The molecule has 3 atom stereocenters. The second-order valence-electron chi connectivity index (χ2n) is 7.12. The van der Waals surface area contributed by atoms with Crippen LogP contribution in [-0.2, 0) is 11.3 Å². The standard InChI is InChI=1S/C19H24FN3O3/c1-11-5-4-6-15(12(11)2)22-18(24)9-23-10-21-16-8-14(20)17(26-3)7-13(16)19(23)25/h7-8,10-12,15H,4-6,9H2,1-3H3,(H,22,24). The number of hydrogen-bond donors (Lipinski definition) is 1. The number of hydrogen-bond acceptors (Lipinski definition) is 4. The van der Waals surface area contributed by atoms with Crippen LogP contribution in [-0.4, -0.2) is 28.6 Å². The van der Waals surface area contributed by atoms with Crippen LogP contribution in [0.5, 0.6) is 5.75 Å². The molecule has 2 aromatic rings. The Hall–Kier alpha value is -2.44. The molecular formula is C19H24FN3O3. The molecule has 1 heterocycles. The summed E-state index contributed by atoms with van der Waals surface area (Å²) in [6, 6.07) is 2.61. The number of aromatic nitrogens is 2. The molecule has 0 bridgehead atoms. The number of ether oxygens (including phenoxy) is 1. The molecule has 0 saturated heterocycles. The number of nitrogens with one attached hydrogen (secondary N) is 1. The molecule has 1 aromatic heterocycles. The van der Waals surface area contributed by atoms with E-state index in [9.17, 15) is 14.0 Å². The largest absolute Gasteiger partial charge is 0.494 e. The van der Waals surface area contributed by atoms with E-state index in [2.05, 4.69) is 24.1 Å². The molecule has 0 spiro atoms. The molecule has 0 aliphatic heterocycles. The van der Waals surface area contributed by atoms with Gasteiger partial charge in [-0.2, -0.15) is 0 Å². The Morgan fingerprint density at radius 3 is 2.88 bits per heavy atom. The van der Waals surface area contributed by atoms with Gasteiger partial charge in [-0.1, -0.05) is 26.7 Å². The predicted octanol–water partition coefficient (Wildman–Crippen LogP) is 2.49. The lowest BCUT2D eigenvalue weighted by molar-refractivity contribution is -0.123. The summed E-state index contributed by atoms with van der Waals surface area (Å²) in [7, 11) is 1.33. The second kappa shape index (κ2) is 7.43. The van der Waals surface area contributed by atoms with E-state index < -0.39 is 11.4 Å². The maximum Gasteiger partial charge on any atom is 0.261 e. The first-order chi connectivity index (χ1) is 12.4. The fourth-order valence-electron chi connectivity index (χ4n) is 3.62. The zero-order valence-electron chi connectivity index (χ0n) is 15.3. The maximum atomic E-state index is 13.8. The molecule has 1 amide bonds. The molecule has 140 valence electrons. The van der Waals surface area contributed by atoms with Crippen molar-refractivity contribution in [3.63, 3.8) is 0 Å². The van der Waals surface area contributed by atoms with Crippen molar-refractivity contribution in [3.05, 3.63) is 34.6 Å². The molecule has 7 heteroatoms. The fraction of sp³-hybridized carbons (Fsp3) is 0.526. The Morgan fingerprint density at radius 1 is 1.38 bits per heavy atom. The summed E-state index contributed by atoms with van der Waals surface area (Å²) in [6.07, 6.45) is 4.51. The number of nitrogens with zero attached hydrogens (tertiary/aromatic N) is 2. The van der Waals surface area contributed by atoms with Crippen LogP contribution in [0.4, 0.5) is 4.39 Å². The normalized spacial score (nSPS) is 23.0. The van der Waals surface area contributed by atoms with Crippen LogP contribution in [0.25, 0.3) is 10.9 Å². The van der Waals surface area contributed by atoms with Crippen molar-refractivity contribution in [2.75, 3.05) is 7.11 Å². The van der Waals surface area contributed by atoms with E-state index in [1.165, 1.54) is 30.5 Å². The van der Waals surface area contributed by atoms with E-state index in [1.807, 2.05) is 0 Å². The Labute approximate surface area is 151 Å². The number of halogens is 1. The van der Waals surface area contributed by atoms with Gasteiger partial charge in [0.2, 0.25) is 5.91 Å². The first-order valence-corrected chi connectivity index (χ1v) is 8.92. The van der Waals surface area contributed by atoms with E-state index in [0.717, 1.165) is 18.9 Å². The Balaban J connectivity index is 1.80. The van der Waals surface area contributed by atoms with E-state index in [0.29, 0.717) is 11.8 Å². The minimum atomic E-state index is -0.581. The van der Waals surface area contributed by atoms with E-state index in [4.69, 9.17) is 4.74 Å². The number of rotatable bonds is 4. The summed E-state index contributed by atoms with van der Waals surface area (Å²) >= 11 is 0. The van der Waals surface area contributed by atoms with Crippen molar-refractivity contribution in [2.45, 2.75) is 45.7 Å². The lowest BCUT2D eigenvalue weighted by atomic mass is 9.78. The average Bonchev–Trinajstić information content (AvgIpc) is 2.61. The molecule has 1 aliphatic rings. The molecule has 0 radical (unpaired) electrons. The molecule has 1 N–H and O–H groups in total. The van der Waals surface area contributed by atoms with Gasteiger partial charge in [-0.3, -0.25) is 14.2 Å². The molecule has 1 fully saturated rings. The smallest absolute Gasteiger partial charge is 0.261 e. The first kappa shape index (κ1) is 18.4. The molecule has 6 nitrogen and oxygen atoms in total. The van der Waals surface area contributed by atoms with Gasteiger partial charge in [0.05, 0.1) is 24.3 Å². The molecule has 1 aromatic carbocycles. The summed E-state index contributed by atoms with van der Waals surface area (Å²) in [5.74, 6) is 0.160. The van der Waals surface area contributed by atoms with Gasteiger partial charge in [-0.15, -0.1) is 0 Å². The van der Waals surface area contributed by atoms with Gasteiger partial charge in [-0.25, -0.2) is 9.37 Å². The summed E-state index contributed by atoms with van der Waals surface area (Å²) in [5.41, 5.74) is -0.159. The van der Waals surface area contributed by atoms with E-state index in [-0.39, 0.29) is 35.1 Å². The zero-order valence-corrected chi connectivity index (χ0v) is 15.3. The average molecular weight is 361 g/mol. The van der Waals surface area contributed by atoms with Crippen molar-refractivity contribution in [1.82, 2.24) is 14.9 Å². The number of carbonyl (C=O) groups excluding carboxylic acids is 1. The van der Waals surface area contributed by atoms with Crippen LogP contribution < -0.4 is 15.6 Å². The minimum absolute atomic E-state index is 0.0244. The van der Waals surface area contributed by atoms with Crippen molar-refractivity contribution in [1.29, 1.82) is 0 Å². The van der Waals surface area contributed by atoms with Crippen molar-refractivity contribution >= 4 is 16.8 Å². The summed E-state index contributed by atoms with van der Waals surface area (Å²) in [5, 5.41) is 3.26. The summed E-state index contributed by atoms with van der Waals surface area (Å²) < 4.78 is 19.9. The first-order valence-electron chi connectivity index (χ1n) is 8.92. The number of benzene rings is 1. The lowest BCUT2D eigenvalue weighted by Gasteiger charge is -2.34. The Morgan fingerprint density at radius 2 is 2.15 bits per heavy atom. The number of methoxy groups -OCH3 is 1. The lowest BCUT2D eigenvalue weighted by Crippen LogP contribution is -2.45. The van der Waals surface area contributed by atoms with Crippen molar-refractivity contribution < 1.29 is 13.9 Å². The van der Waals surface area contributed by atoms with Gasteiger partial charge in [0.25, 0.3) is 5.56 Å². The van der Waals surface area contributed by atoms with Crippen LogP contribution in [0.2, 0.25) is 0 Å². The molecule has 3 rings (SSSR count). The number of amides is 1. The van der Waals surface area contributed by atoms with E-state index in [1.54, 1.807) is 0 Å². The third-order valence-electron chi connectivity index (χ3n) is 5.46. The van der Waals surface area contributed by atoms with Gasteiger partial charge in [0.1, 0.15) is 6.54 Å². The highest BCUT2D eigenvalue weighted by molar-refractivity contribution is 5.80. The zero-order chi connectivity index (χ0) is 18.8. The van der Waals surface area contributed by atoms with Crippen molar-refractivity contribution in [3.8, 4) is 5.75 Å². The Kier molecular flexibility index (Phi) is 5.25.